The van der Waals surface area contributed by atoms with Crippen molar-refractivity contribution in [1.82, 2.24) is 9.13 Å². The van der Waals surface area contributed by atoms with E-state index in [4.69, 9.17) is 0 Å². The summed E-state index contributed by atoms with van der Waals surface area (Å²) in [6.45, 7) is 0. The maximum Gasteiger partial charge on any atom is 0.0547 e. The summed E-state index contributed by atoms with van der Waals surface area (Å²) >= 11 is 0. The van der Waals surface area contributed by atoms with Gasteiger partial charge in [0.25, 0.3) is 0 Å². The molecule has 260 valence electrons. The van der Waals surface area contributed by atoms with Gasteiger partial charge < -0.3 is 9.13 Å². The van der Waals surface area contributed by atoms with E-state index in [1.807, 2.05) is 0 Å². The summed E-state index contributed by atoms with van der Waals surface area (Å²) < 4.78 is 4.89. The van der Waals surface area contributed by atoms with Crippen LogP contribution in [0.25, 0.3) is 110 Å². The number of para-hydroxylation sites is 3. The molecule has 2 heterocycles. The number of hydrogen-bond donors (Lipinski definition) is 0. The molecule has 12 aromatic rings. The van der Waals surface area contributed by atoms with Gasteiger partial charge in [0, 0.05) is 32.9 Å². The zero-order chi connectivity index (χ0) is 36.7. The van der Waals surface area contributed by atoms with Crippen LogP contribution in [0.5, 0.6) is 0 Å². The number of nitrogens with zero attached hydrogens (tertiary/aromatic N) is 2. The first-order valence-electron chi connectivity index (χ1n) is 19.4. The third-order valence-electron chi connectivity index (χ3n) is 11.9. The first kappa shape index (κ1) is 31.0. The average Bonchev–Trinajstić information content (AvgIpc) is 3.79. The second-order valence-corrected chi connectivity index (χ2v) is 14.9. The van der Waals surface area contributed by atoms with E-state index in [1.54, 1.807) is 0 Å². The monoisotopic (exact) mass is 710 g/mol. The normalized spacial score (nSPS) is 11.9. The van der Waals surface area contributed by atoms with Gasteiger partial charge >= 0.3 is 0 Å². The Kier molecular flexibility index (Phi) is 6.66. The highest BCUT2D eigenvalue weighted by Crippen LogP contribution is 2.44. The smallest absolute Gasteiger partial charge is 0.0547 e. The van der Waals surface area contributed by atoms with Crippen molar-refractivity contribution in [2.75, 3.05) is 0 Å². The summed E-state index contributed by atoms with van der Waals surface area (Å²) in [6.07, 6.45) is 0. The molecule has 0 aliphatic carbocycles. The van der Waals surface area contributed by atoms with Crippen molar-refractivity contribution in [3.8, 4) is 33.6 Å². The van der Waals surface area contributed by atoms with Gasteiger partial charge in [0.05, 0.1) is 22.1 Å². The van der Waals surface area contributed by atoms with Crippen LogP contribution in [0.2, 0.25) is 0 Å². The summed E-state index contributed by atoms with van der Waals surface area (Å²) in [4.78, 5) is 0. The fraction of sp³-hybridized carbons (Fsp3) is 0. The highest BCUT2D eigenvalue weighted by Gasteiger charge is 2.19. The predicted molar refractivity (Wildman–Crippen MR) is 239 cm³/mol. The van der Waals surface area contributed by atoms with Crippen LogP contribution in [-0.2, 0) is 0 Å². The van der Waals surface area contributed by atoms with Crippen molar-refractivity contribution in [2.45, 2.75) is 0 Å². The molecule has 2 heteroatoms. The highest BCUT2D eigenvalue weighted by molar-refractivity contribution is 6.29. The molecular weight excluding hydrogens is 677 g/mol. The Morgan fingerprint density at radius 2 is 0.661 bits per heavy atom. The Hall–Kier alpha value is -7.42. The van der Waals surface area contributed by atoms with Gasteiger partial charge in [-0.15, -0.1) is 0 Å². The lowest BCUT2D eigenvalue weighted by Crippen LogP contribution is -1.97. The minimum absolute atomic E-state index is 1.15. The van der Waals surface area contributed by atoms with Crippen LogP contribution in [0.4, 0.5) is 0 Å². The SMILES string of the molecule is c1ccc(-c2cc(-n3c4ccccc4c4ccc(-c5ccc6c7ccccc7n(-c7ccccc7)c6c5)cc43)cc3c4ccccc4c4ccccc4c23)cc1. The zero-order valence-corrected chi connectivity index (χ0v) is 30.5. The van der Waals surface area contributed by atoms with Crippen molar-refractivity contribution in [3.63, 3.8) is 0 Å². The molecule has 0 amide bonds. The lowest BCUT2D eigenvalue weighted by molar-refractivity contribution is 1.18. The van der Waals surface area contributed by atoms with E-state index >= 15 is 0 Å². The van der Waals surface area contributed by atoms with Crippen molar-refractivity contribution in [2.24, 2.45) is 0 Å². The quantitative estimate of drug-likeness (QED) is 0.161. The summed E-state index contributed by atoms with van der Waals surface area (Å²) in [5.41, 5.74) is 12.0. The molecular formula is C54H34N2. The first-order valence-corrected chi connectivity index (χ1v) is 19.4. The van der Waals surface area contributed by atoms with Crippen LogP contribution in [0, 0.1) is 0 Å². The molecule has 0 bridgehead atoms. The van der Waals surface area contributed by atoms with Gasteiger partial charge in [0.1, 0.15) is 0 Å². The Morgan fingerprint density at radius 3 is 1.25 bits per heavy atom. The van der Waals surface area contributed by atoms with Gasteiger partial charge in [-0.3, -0.25) is 0 Å². The summed E-state index contributed by atoms with van der Waals surface area (Å²) in [7, 11) is 0. The number of benzene rings is 10. The molecule has 0 spiro atoms. The van der Waals surface area contributed by atoms with E-state index in [-0.39, 0.29) is 0 Å². The molecule has 0 fully saturated rings. The molecule has 0 saturated carbocycles. The standard InChI is InChI=1S/C54H34N2/c1-3-15-35(16-4-1)48-33-39(34-49-42-21-8-7-19-40(42)41-20-9-10-24-47(41)54(48)49)56-51-26-14-12-23-44(51)46-30-28-37(32-53(46)56)36-27-29-45-43-22-11-13-25-50(43)55(52(45)31-36)38-17-5-2-6-18-38/h1-34H. The van der Waals surface area contributed by atoms with E-state index in [1.165, 1.54) is 98.2 Å². The molecule has 0 atom stereocenters. The number of fused-ring (bicyclic) bond motifs is 12. The molecule has 0 saturated heterocycles. The Morgan fingerprint density at radius 1 is 0.232 bits per heavy atom. The molecule has 0 aliphatic rings. The number of hydrogen-bond acceptors (Lipinski definition) is 0. The fourth-order valence-corrected chi connectivity index (χ4v) is 9.43. The van der Waals surface area contributed by atoms with Crippen molar-refractivity contribution in [1.29, 1.82) is 0 Å². The van der Waals surface area contributed by atoms with E-state index in [2.05, 4.69) is 215 Å². The van der Waals surface area contributed by atoms with Gasteiger partial charge in [-0.1, -0.05) is 158 Å². The number of rotatable bonds is 4. The van der Waals surface area contributed by atoms with E-state index in [0.717, 1.165) is 11.4 Å². The minimum atomic E-state index is 1.15. The van der Waals surface area contributed by atoms with Crippen LogP contribution in [0.3, 0.4) is 0 Å². The maximum absolute atomic E-state index is 2.49. The van der Waals surface area contributed by atoms with Crippen LogP contribution in [0.1, 0.15) is 0 Å². The fourth-order valence-electron chi connectivity index (χ4n) is 9.43. The molecule has 10 aromatic carbocycles. The van der Waals surface area contributed by atoms with E-state index < -0.39 is 0 Å². The van der Waals surface area contributed by atoms with E-state index in [9.17, 15) is 0 Å². The highest BCUT2D eigenvalue weighted by atomic mass is 15.0. The van der Waals surface area contributed by atoms with Crippen LogP contribution in [-0.4, -0.2) is 9.13 Å². The summed E-state index contributed by atoms with van der Waals surface area (Å²) in [6, 6.07) is 75.8. The van der Waals surface area contributed by atoms with Crippen molar-refractivity contribution >= 4 is 75.9 Å². The Bertz CT molecular complexity index is 3510. The van der Waals surface area contributed by atoms with Crippen LogP contribution in [0.15, 0.2) is 206 Å². The second kappa shape index (κ2) is 12.0. The lowest BCUT2D eigenvalue weighted by Gasteiger charge is -2.18. The molecule has 2 aromatic heterocycles. The second-order valence-electron chi connectivity index (χ2n) is 14.9. The van der Waals surface area contributed by atoms with Crippen molar-refractivity contribution < 1.29 is 0 Å². The predicted octanol–water partition coefficient (Wildman–Crippen LogP) is 14.7. The lowest BCUT2D eigenvalue weighted by atomic mass is 9.89. The van der Waals surface area contributed by atoms with Gasteiger partial charge in [-0.2, -0.15) is 0 Å². The van der Waals surface area contributed by atoms with Crippen LogP contribution >= 0.6 is 0 Å². The molecule has 0 radical (unpaired) electrons. The Labute approximate surface area is 323 Å². The van der Waals surface area contributed by atoms with Crippen LogP contribution < -0.4 is 0 Å². The third-order valence-corrected chi connectivity index (χ3v) is 11.9. The third kappa shape index (κ3) is 4.50. The molecule has 0 unspecified atom stereocenters. The summed E-state index contributed by atoms with van der Waals surface area (Å²) in [5.74, 6) is 0. The molecule has 0 aliphatic heterocycles. The first-order chi connectivity index (χ1) is 27.8. The topological polar surface area (TPSA) is 9.86 Å². The van der Waals surface area contributed by atoms with Gasteiger partial charge in [-0.05, 0) is 103 Å². The van der Waals surface area contributed by atoms with Gasteiger partial charge in [0.15, 0.2) is 0 Å². The summed E-state index contributed by atoms with van der Waals surface area (Å²) in [5, 5.41) is 12.7. The van der Waals surface area contributed by atoms with Crippen molar-refractivity contribution in [3.05, 3.63) is 206 Å². The average molecular weight is 711 g/mol. The molecule has 56 heavy (non-hydrogen) atoms. The zero-order valence-electron chi connectivity index (χ0n) is 30.5. The maximum atomic E-state index is 2.49. The van der Waals surface area contributed by atoms with Gasteiger partial charge in [0.2, 0.25) is 0 Å². The molecule has 0 N–H and O–H groups in total. The Balaban J connectivity index is 1.15. The minimum Gasteiger partial charge on any atom is -0.309 e. The largest absolute Gasteiger partial charge is 0.309 e. The number of aromatic nitrogens is 2. The van der Waals surface area contributed by atoms with E-state index in [0.29, 0.717) is 0 Å². The molecule has 12 rings (SSSR count). The molecule has 2 nitrogen and oxygen atoms in total. The van der Waals surface area contributed by atoms with Gasteiger partial charge in [-0.25, -0.2) is 0 Å².